The molecule has 0 saturated carbocycles. The number of halogens is 1. The van der Waals surface area contributed by atoms with Crippen LogP contribution in [-0.2, 0) is 0 Å². The van der Waals surface area contributed by atoms with Gasteiger partial charge >= 0.3 is 0 Å². The molecule has 16 heavy (non-hydrogen) atoms. The maximum Gasteiger partial charge on any atom is 0.123 e. The van der Waals surface area contributed by atoms with E-state index in [4.69, 9.17) is 10.5 Å². The Morgan fingerprint density at radius 1 is 1.31 bits per heavy atom. The highest BCUT2D eigenvalue weighted by Crippen LogP contribution is 2.30. The summed E-state index contributed by atoms with van der Waals surface area (Å²) in [6.07, 6.45) is 2.13. The average Bonchev–Trinajstić information content (AvgIpc) is 2.25. The minimum Gasteiger partial charge on any atom is -0.496 e. The summed E-state index contributed by atoms with van der Waals surface area (Å²) in [5, 5.41) is 0. The molecule has 0 aromatic heterocycles. The quantitative estimate of drug-likeness (QED) is 0.891. The van der Waals surface area contributed by atoms with Crippen LogP contribution in [0.4, 0.5) is 0 Å². The molecule has 3 heteroatoms. The van der Waals surface area contributed by atoms with Gasteiger partial charge in [0.2, 0.25) is 0 Å². The fourth-order valence-electron chi connectivity index (χ4n) is 1.66. The van der Waals surface area contributed by atoms with Crippen molar-refractivity contribution in [1.82, 2.24) is 0 Å². The molecule has 0 amide bonds. The summed E-state index contributed by atoms with van der Waals surface area (Å²) in [7, 11) is 1.68. The van der Waals surface area contributed by atoms with Crippen molar-refractivity contribution in [2.45, 2.75) is 32.7 Å². The lowest BCUT2D eigenvalue weighted by Gasteiger charge is -2.17. The van der Waals surface area contributed by atoms with E-state index in [0.717, 1.165) is 28.6 Å². The number of hydrogen-bond acceptors (Lipinski definition) is 2. The van der Waals surface area contributed by atoms with Crippen molar-refractivity contribution < 1.29 is 4.74 Å². The van der Waals surface area contributed by atoms with Crippen LogP contribution in [0.25, 0.3) is 0 Å². The van der Waals surface area contributed by atoms with Crippen LogP contribution in [0.1, 0.15) is 38.3 Å². The molecule has 0 saturated heterocycles. The molecule has 0 unspecified atom stereocenters. The predicted molar refractivity (Wildman–Crippen MR) is 71.7 cm³/mol. The average molecular weight is 286 g/mol. The van der Waals surface area contributed by atoms with Gasteiger partial charge in [0.15, 0.2) is 0 Å². The van der Waals surface area contributed by atoms with Gasteiger partial charge < -0.3 is 10.5 Å². The lowest BCUT2D eigenvalue weighted by atomic mass is 9.98. The molecule has 2 nitrogen and oxygen atoms in total. The molecule has 1 rings (SSSR count). The van der Waals surface area contributed by atoms with Gasteiger partial charge in [-0.3, -0.25) is 0 Å². The molecule has 0 aliphatic rings. The Labute approximate surface area is 106 Å². The van der Waals surface area contributed by atoms with E-state index in [9.17, 15) is 0 Å². The third-order valence-corrected chi connectivity index (χ3v) is 3.14. The van der Waals surface area contributed by atoms with Crippen LogP contribution in [0.5, 0.6) is 5.75 Å². The maximum atomic E-state index is 6.19. The molecule has 0 radical (unpaired) electrons. The summed E-state index contributed by atoms with van der Waals surface area (Å²) >= 11 is 3.46. The highest BCUT2D eigenvalue weighted by molar-refractivity contribution is 9.10. The molecule has 0 fully saturated rings. The van der Waals surface area contributed by atoms with Crippen molar-refractivity contribution in [1.29, 1.82) is 0 Å². The lowest BCUT2D eigenvalue weighted by molar-refractivity contribution is 0.401. The summed E-state index contributed by atoms with van der Waals surface area (Å²) in [6, 6.07) is 6.02. The Balaban J connectivity index is 2.80. The van der Waals surface area contributed by atoms with E-state index in [2.05, 4.69) is 29.8 Å². The molecule has 0 aliphatic heterocycles. The number of rotatable bonds is 5. The summed E-state index contributed by atoms with van der Waals surface area (Å²) in [5.74, 6) is 1.56. The first kappa shape index (κ1) is 13.5. The van der Waals surface area contributed by atoms with E-state index in [1.54, 1.807) is 7.11 Å². The smallest absolute Gasteiger partial charge is 0.123 e. The molecule has 90 valence electrons. The Morgan fingerprint density at radius 3 is 2.56 bits per heavy atom. The summed E-state index contributed by atoms with van der Waals surface area (Å²) in [6.45, 7) is 4.43. The third kappa shape index (κ3) is 3.80. The second-order valence-electron chi connectivity index (χ2n) is 4.46. The van der Waals surface area contributed by atoms with Crippen molar-refractivity contribution in [3.63, 3.8) is 0 Å². The molecule has 0 bridgehead atoms. The number of nitrogens with two attached hydrogens (primary N) is 1. The molecular weight excluding hydrogens is 266 g/mol. The number of hydrogen-bond donors (Lipinski definition) is 1. The number of benzene rings is 1. The fraction of sp³-hybridized carbons (Fsp3) is 0.538. The van der Waals surface area contributed by atoms with Gasteiger partial charge in [0.25, 0.3) is 0 Å². The number of ether oxygens (including phenoxy) is 1. The first-order valence-corrected chi connectivity index (χ1v) is 6.43. The zero-order chi connectivity index (χ0) is 12.1. The molecule has 1 aromatic rings. The van der Waals surface area contributed by atoms with Crippen LogP contribution in [0, 0.1) is 5.92 Å². The first-order chi connectivity index (χ1) is 7.54. The molecule has 1 aromatic carbocycles. The topological polar surface area (TPSA) is 35.2 Å². The summed E-state index contributed by atoms with van der Waals surface area (Å²) in [5.41, 5.74) is 7.27. The maximum absolute atomic E-state index is 6.19. The van der Waals surface area contributed by atoms with Crippen molar-refractivity contribution in [3.05, 3.63) is 28.2 Å². The van der Waals surface area contributed by atoms with Crippen LogP contribution >= 0.6 is 15.9 Å². The highest BCUT2D eigenvalue weighted by Gasteiger charge is 2.12. The Kier molecular flexibility index (Phi) is 5.29. The Morgan fingerprint density at radius 2 is 2.00 bits per heavy atom. The Bertz CT molecular complexity index is 339. The minimum atomic E-state index is 0.0508. The summed E-state index contributed by atoms with van der Waals surface area (Å²) in [4.78, 5) is 0. The SMILES string of the molecule is COc1ccc(Br)cc1[C@H](N)CCC(C)C. The largest absolute Gasteiger partial charge is 0.496 e. The molecule has 0 heterocycles. The van der Waals surface area contributed by atoms with E-state index in [1.165, 1.54) is 0 Å². The highest BCUT2D eigenvalue weighted by atomic mass is 79.9. The van der Waals surface area contributed by atoms with Gasteiger partial charge in [0.1, 0.15) is 5.75 Å². The van der Waals surface area contributed by atoms with Crippen molar-refractivity contribution in [3.8, 4) is 5.75 Å². The lowest BCUT2D eigenvalue weighted by Crippen LogP contribution is -2.12. The van der Waals surface area contributed by atoms with Crippen LogP contribution < -0.4 is 10.5 Å². The van der Waals surface area contributed by atoms with Gasteiger partial charge in [0.05, 0.1) is 7.11 Å². The van der Waals surface area contributed by atoms with Gasteiger partial charge in [-0.15, -0.1) is 0 Å². The van der Waals surface area contributed by atoms with Gasteiger partial charge in [-0.2, -0.15) is 0 Å². The van der Waals surface area contributed by atoms with Crippen LogP contribution in [0.3, 0.4) is 0 Å². The van der Waals surface area contributed by atoms with Gasteiger partial charge in [0, 0.05) is 16.1 Å². The van der Waals surface area contributed by atoms with Crippen molar-refractivity contribution in [2.24, 2.45) is 11.7 Å². The molecule has 1 atom stereocenters. The van der Waals surface area contributed by atoms with Crippen LogP contribution in [-0.4, -0.2) is 7.11 Å². The molecular formula is C13H20BrNO. The molecule has 0 aliphatic carbocycles. The van der Waals surface area contributed by atoms with Gasteiger partial charge in [-0.05, 0) is 37.0 Å². The molecule has 2 N–H and O–H groups in total. The van der Waals surface area contributed by atoms with E-state index in [-0.39, 0.29) is 6.04 Å². The number of methoxy groups -OCH3 is 1. The second-order valence-corrected chi connectivity index (χ2v) is 5.38. The van der Waals surface area contributed by atoms with Gasteiger partial charge in [-0.25, -0.2) is 0 Å². The van der Waals surface area contributed by atoms with Crippen LogP contribution in [0.15, 0.2) is 22.7 Å². The predicted octanol–water partition coefficient (Wildman–Crippen LogP) is 3.89. The van der Waals surface area contributed by atoms with E-state index < -0.39 is 0 Å². The van der Waals surface area contributed by atoms with Gasteiger partial charge in [-0.1, -0.05) is 29.8 Å². The molecule has 0 spiro atoms. The third-order valence-electron chi connectivity index (χ3n) is 2.65. The summed E-state index contributed by atoms with van der Waals surface area (Å²) < 4.78 is 6.37. The van der Waals surface area contributed by atoms with Crippen molar-refractivity contribution >= 4 is 15.9 Å². The zero-order valence-corrected chi connectivity index (χ0v) is 11.8. The second kappa shape index (κ2) is 6.26. The minimum absolute atomic E-state index is 0.0508. The normalized spacial score (nSPS) is 12.9. The first-order valence-electron chi connectivity index (χ1n) is 5.63. The monoisotopic (exact) mass is 285 g/mol. The zero-order valence-electron chi connectivity index (χ0n) is 10.2. The van der Waals surface area contributed by atoms with E-state index in [1.807, 2.05) is 18.2 Å². The van der Waals surface area contributed by atoms with Crippen LogP contribution in [0.2, 0.25) is 0 Å². The van der Waals surface area contributed by atoms with E-state index >= 15 is 0 Å². The van der Waals surface area contributed by atoms with E-state index in [0.29, 0.717) is 5.92 Å². The fourth-order valence-corrected chi connectivity index (χ4v) is 2.04. The standard InChI is InChI=1S/C13H20BrNO/c1-9(2)4-6-12(15)11-8-10(14)5-7-13(11)16-3/h5,7-9,12H,4,6,15H2,1-3H3/t12-/m1/s1. The van der Waals surface area contributed by atoms with Crippen molar-refractivity contribution in [2.75, 3.05) is 7.11 Å². The Hall–Kier alpha value is -0.540.